The summed E-state index contributed by atoms with van der Waals surface area (Å²) in [6.07, 6.45) is 1.86. The maximum atomic E-state index is 13.1. The first-order chi connectivity index (χ1) is 39.8. The van der Waals surface area contributed by atoms with Crippen LogP contribution >= 0.6 is 0 Å². The maximum Gasteiger partial charge on any atom is 0.159 e. The first kappa shape index (κ1) is 52.3. The van der Waals surface area contributed by atoms with Gasteiger partial charge >= 0.3 is 0 Å². The van der Waals surface area contributed by atoms with E-state index in [1.165, 1.54) is 66.1 Å². The van der Waals surface area contributed by atoms with Gasteiger partial charge in [0.2, 0.25) is 0 Å². The lowest BCUT2D eigenvalue weighted by atomic mass is 9.84. The Hall–Kier alpha value is -9.12. The summed E-state index contributed by atoms with van der Waals surface area (Å²) in [5, 5.41) is 22.4. The van der Waals surface area contributed by atoms with E-state index in [-0.39, 0.29) is 17.6 Å². The lowest BCUT2D eigenvalue weighted by Crippen LogP contribution is -2.14. The lowest BCUT2D eigenvalue weighted by molar-refractivity contribution is 0.478. The minimum Gasteiger partial charge on any atom is -0.505 e. The summed E-state index contributed by atoms with van der Waals surface area (Å²) in [7, 11) is 0. The van der Waals surface area contributed by atoms with Crippen LogP contribution in [0.15, 0.2) is 205 Å². The molecule has 0 saturated carbocycles. The molecule has 0 bridgehead atoms. The molecule has 13 aromatic rings. The van der Waals surface area contributed by atoms with Crippen molar-refractivity contribution < 1.29 is 9.52 Å². The van der Waals surface area contributed by atoms with E-state index < -0.39 is 0 Å². The number of hydrogen-bond donors (Lipinski definition) is 1. The molecule has 4 heteroatoms. The average Bonchev–Trinajstić information content (AvgIpc) is 1.55. The Bertz CT molecular complexity index is 4590. The first-order valence-electron chi connectivity index (χ1n) is 29.4. The monoisotopic (exact) mass is 1070 g/mol. The summed E-state index contributed by atoms with van der Waals surface area (Å²) in [6, 6.07) is 73.5. The maximum absolute atomic E-state index is 13.1. The number of benzene rings is 12. The van der Waals surface area contributed by atoms with Crippen LogP contribution in [0.3, 0.4) is 0 Å². The van der Waals surface area contributed by atoms with Gasteiger partial charge in [0.1, 0.15) is 11.3 Å². The van der Waals surface area contributed by atoms with Crippen molar-refractivity contribution >= 4 is 88.4 Å². The topological polar surface area (TPSA) is 39.9 Å². The zero-order valence-corrected chi connectivity index (χ0v) is 48.9. The van der Waals surface area contributed by atoms with E-state index in [0.29, 0.717) is 0 Å². The van der Waals surface area contributed by atoms with E-state index in [1.54, 1.807) is 0 Å². The van der Waals surface area contributed by atoms with Gasteiger partial charge < -0.3 is 19.3 Å². The Morgan fingerprint density at radius 3 is 1.35 bits per heavy atom. The van der Waals surface area contributed by atoms with Crippen LogP contribution in [0.5, 0.6) is 5.75 Å². The highest BCUT2D eigenvalue weighted by atomic mass is 16.3. The molecule has 0 spiro atoms. The van der Waals surface area contributed by atoms with Crippen molar-refractivity contribution in [2.45, 2.75) is 93.9 Å². The molecular weight excluding hydrogens is 997 g/mol. The SMILES string of the molecule is CCc1ccccc1-c1cccc(-c2cccc(N(c3cc(C)cc(C)c3)c3cc(C(C)C)c4ccc5c(N(c6cc(C)cc(C)c6)c6cccc7c6oc6c(-c8ccccc8CC)cccc67)cc(C(C)C)c6ccc3c4c65)c2O)c1. The first-order valence-corrected chi connectivity index (χ1v) is 29.4. The molecule has 0 aliphatic rings. The van der Waals surface area contributed by atoms with Gasteiger partial charge in [-0.25, -0.2) is 0 Å². The van der Waals surface area contributed by atoms with Gasteiger partial charge in [0.15, 0.2) is 5.58 Å². The van der Waals surface area contributed by atoms with Gasteiger partial charge in [-0.3, -0.25) is 0 Å². The van der Waals surface area contributed by atoms with Crippen molar-refractivity contribution in [2.24, 2.45) is 0 Å². The van der Waals surface area contributed by atoms with Gasteiger partial charge in [-0.15, -0.1) is 0 Å². The van der Waals surface area contributed by atoms with Gasteiger partial charge in [-0.2, -0.15) is 0 Å². The van der Waals surface area contributed by atoms with Crippen molar-refractivity contribution in [3.63, 3.8) is 0 Å². The third-order valence-electron chi connectivity index (χ3n) is 17.1. The fourth-order valence-corrected chi connectivity index (χ4v) is 13.5. The molecule has 1 heterocycles. The quantitative estimate of drug-likeness (QED) is 0.117. The van der Waals surface area contributed by atoms with Crippen LogP contribution in [0.25, 0.3) is 87.6 Å². The zero-order valence-electron chi connectivity index (χ0n) is 48.9. The molecule has 12 aromatic carbocycles. The van der Waals surface area contributed by atoms with Gasteiger partial charge in [-0.05, 0) is 195 Å². The van der Waals surface area contributed by atoms with E-state index in [9.17, 15) is 5.11 Å². The summed E-state index contributed by atoms with van der Waals surface area (Å²) in [6.45, 7) is 22.4. The number of fused-ring (bicyclic) bond motifs is 3. The Labute approximate surface area is 482 Å². The Morgan fingerprint density at radius 1 is 0.366 bits per heavy atom. The lowest BCUT2D eigenvalue weighted by Gasteiger charge is -2.32. The van der Waals surface area contributed by atoms with Crippen LogP contribution in [0, 0.1) is 27.7 Å². The number of aryl methyl sites for hydroxylation is 6. The number of hydrogen-bond acceptors (Lipinski definition) is 4. The second kappa shape index (κ2) is 20.8. The highest BCUT2D eigenvalue weighted by Gasteiger charge is 2.29. The molecule has 0 atom stereocenters. The molecule has 0 fully saturated rings. The number of furan rings is 1. The van der Waals surface area contributed by atoms with E-state index in [1.807, 2.05) is 0 Å². The number of phenols is 1. The third-order valence-corrected chi connectivity index (χ3v) is 17.1. The summed E-state index contributed by atoms with van der Waals surface area (Å²) in [5.74, 6) is 0.597. The number of anilines is 6. The summed E-state index contributed by atoms with van der Waals surface area (Å²) >= 11 is 0. The molecule has 0 saturated heterocycles. The molecule has 82 heavy (non-hydrogen) atoms. The molecule has 0 aliphatic carbocycles. The molecule has 0 amide bonds. The Kier molecular flexibility index (Phi) is 13.2. The summed E-state index contributed by atoms with van der Waals surface area (Å²) < 4.78 is 7.35. The average molecular weight is 1070 g/mol. The van der Waals surface area contributed by atoms with Crippen molar-refractivity contribution in [1.82, 2.24) is 0 Å². The number of aromatic hydroxyl groups is 1. The summed E-state index contributed by atoms with van der Waals surface area (Å²) in [5.41, 5.74) is 23.8. The fraction of sp³-hybridized carbons (Fsp3) is 0.179. The molecule has 0 radical (unpaired) electrons. The third kappa shape index (κ3) is 8.75. The van der Waals surface area contributed by atoms with Crippen molar-refractivity contribution in [3.05, 3.63) is 245 Å². The molecule has 1 aromatic heterocycles. The van der Waals surface area contributed by atoms with Gasteiger partial charge in [0.25, 0.3) is 0 Å². The Morgan fingerprint density at radius 2 is 0.793 bits per heavy atom. The highest BCUT2D eigenvalue weighted by Crippen LogP contribution is 2.54. The molecule has 0 aliphatic heterocycles. The zero-order chi connectivity index (χ0) is 56.7. The van der Waals surface area contributed by atoms with Gasteiger partial charge in [0.05, 0.1) is 22.7 Å². The van der Waals surface area contributed by atoms with Crippen molar-refractivity contribution in [3.8, 4) is 39.1 Å². The van der Waals surface area contributed by atoms with E-state index in [0.717, 1.165) is 113 Å². The summed E-state index contributed by atoms with van der Waals surface area (Å²) in [4.78, 5) is 4.81. The van der Waals surface area contributed by atoms with Gasteiger partial charge in [-0.1, -0.05) is 187 Å². The van der Waals surface area contributed by atoms with Crippen LogP contribution in [-0.2, 0) is 12.8 Å². The number of phenolic OH excluding ortho intramolecular Hbond substituents is 1. The molecule has 0 unspecified atom stereocenters. The van der Waals surface area contributed by atoms with E-state index in [4.69, 9.17) is 4.42 Å². The number of para-hydroxylation sites is 3. The number of nitrogens with zero attached hydrogens (tertiary/aromatic N) is 2. The second-order valence-corrected chi connectivity index (χ2v) is 23.4. The highest BCUT2D eigenvalue weighted by molar-refractivity contribution is 6.30. The normalized spacial score (nSPS) is 11.9. The van der Waals surface area contributed by atoms with Crippen molar-refractivity contribution in [1.29, 1.82) is 0 Å². The predicted molar refractivity (Wildman–Crippen MR) is 351 cm³/mol. The van der Waals surface area contributed by atoms with Crippen LogP contribution in [0.4, 0.5) is 34.1 Å². The van der Waals surface area contributed by atoms with Crippen molar-refractivity contribution in [2.75, 3.05) is 9.80 Å². The standard InChI is InChI=1S/C78H70N2O2/c1-11-52-21-13-15-25-58(52)54-23-17-24-55(43-54)60-27-19-31-70(76(60)81)79(56-39-48(7)37-49(8)40-56)72-44-68(46(3)4)61-34-36-67-73(45-69(47(5)6)62-33-35-66(72)74(61)75(62)67)80(57-41-50(9)38-51(10)42-57)71-32-20-30-65-64-29-18-28-63(77(64)82-78(65)71)59-26-16-14-22-53(59)12-2/h13-47,81H,11-12H2,1-10H3. The molecule has 13 rings (SSSR count). The number of rotatable bonds is 13. The minimum absolute atomic E-state index is 0.175. The minimum atomic E-state index is 0.175. The predicted octanol–water partition coefficient (Wildman–Crippen LogP) is 22.7. The molecule has 4 nitrogen and oxygen atoms in total. The van der Waals surface area contributed by atoms with E-state index >= 15 is 0 Å². The van der Waals surface area contributed by atoms with Gasteiger partial charge in [0, 0.05) is 44.0 Å². The molecule has 404 valence electrons. The van der Waals surface area contributed by atoms with Crippen LogP contribution in [0.1, 0.15) is 97.9 Å². The largest absolute Gasteiger partial charge is 0.505 e. The van der Waals surface area contributed by atoms with Crippen LogP contribution in [-0.4, -0.2) is 5.11 Å². The van der Waals surface area contributed by atoms with Crippen LogP contribution < -0.4 is 9.80 Å². The fourth-order valence-electron chi connectivity index (χ4n) is 13.5. The molecule has 1 N–H and O–H groups in total. The smallest absolute Gasteiger partial charge is 0.159 e. The Balaban J connectivity index is 1.09. The second-order valence-electron chi connectivity index (χ2n) is 23.4. The molecular formula is C78H70N2O2. The van der Waals surface area contributed by atoms with E-state index in [2.05, 4.69) is 279 Å². The van der Waals surface area contributed by atoms with Crippen LogP contribution in [0.2, 0.25) is 0 Å².